The highest BCUT2D eigenvalue weighted by Crippen LogP contribution is 2.17. The van der Waals surface area contributed by atoms with Crippen LogP contribution in [0.3, 0.4) is 0 Å². The maximum atomic E-state index is 5.30. The quantitative estimate of drug-likeness (QED) is 0.308. The van der Waals surface area contributed by atoms with Crippen molar-refractivity contribution >= 4 is 35.6 Å². The van der Waals surface area contributed by atoms with Gasteiger partial charge in [-0.15, -0.1) is 24.0 Å². The molecule has 0 atom stereocenters. The summed E-state index contributed by atoms with van der Waals surface area (Å²) >= 11 is 0. The Morgan fingerprint density at radius 1 is 1.27 bits per heavy atom. The first-order valence-electron chi connectivity index (χ1n) is 7.37. The minimum Gasteiger partial charge on any atom is -0.380 e. The lowest BCUT2D eigenvalue weighted by molar-refractivity contribution is 0.152. The van der Waals surface area contributed by atoms with E-state index in [1.807, 2.05) is 6.92 Å². The molecule has 0 spiro atoms. The summed E-state index contributed by atoms with van der Waals surface area (Å²) in [4.78, 5) is 6.32. The second-order valence-electron chi connectivity index (χ2n) is 5.05. The molecule has 22 heavy (non-hydrogen) atoms. The monoisotopic (exact) mass is 420 g/mol. The number of hydrogen-bond acceptors (Lipinski definition) is 3. The highest BCUT2D eigenvalue weighted by Gasteiger charge is 2.03. The van der Waals surface area contributed by atoms with Crippen LogP contribution in [0.2, 0.25) is 0 Å². The Bertz CT molecular complexity index is 463. The molecule has 0 fully saturated rings. The van der Waals surface area contributed by atoms with Crippen molar-refractivity contribution in [2.45, 2.75) is 20.4 Å². The molecule has 2 N–H and O–H groups in total. The summed E-state index contributed by atoms with van der Waals surface area (Å²) in [6, 6.07) is 6.49. The predicted molar refractivity (Wildman–Crippen MR) is 106 cm³/mol. The third-order valence-corrected chi connectivity index (χ3v) is 3.26. The Morgan fingerprint density at radius 3 is 2.55 bits per heavy atom. The number of ether oxygens (including phenoxy) is 1. The molecule has 0 saturated heterocycles. The van der Waals surface area contributed by atoms with E-state index in [0.29, 0.717) is 6.61 Å². The zero-order chi connectivity index (χ0) is 15.7. The molecular formula is C16H29IN4O. The first kappa shape index (κ1) is 21.0. The van der Waals surface area contributed by atoms with E-state index in [4.69, 9.17) is 4.74 Å². The van der Waals surface area contributed by atoms with Crippen LogP contribution in [0.4, 0.5) is 5.69 Å². The van der Waals surface area contributed by atoms with Gasteiger partial charge in [0.1, 0.15) is 0 Å². The van der Waals surface area contributed by atoms with E-state index in [1.54, 1.807) is 7.05 Å². The molecule has 0 unspecified atom stereocenters. The number of hydrogen-bond donors (Lipinski definition) is 2. The van der Waals surface area contributed by atoms with Crippen molar-refractivity contribution in [3.8, 4) is 0 Å². The molecule has 0 aliphatic carbocycles. The van der Waals surface area contributed by atoms with Crippen molar-refractivity contribution in [1.29, 1.82) is 0 Å². The fourth-order valence-corrected chi connectivity index (χ4v) is 1.94. The Balaban J connectivity index is 0.00000441. The van der Waals surface area contributed by atoms with Crippen LogP contribution in [-0.2, 0) is 11.3 Å². The third kappa shape index (κ3) is 7.31. The van der Waals surface area contributed by atoms with Crippen LogP contribution < -0.4 is 15.5 Å². The summed E-state index contributed by atoms with van der Waals surface area (Å²) in [5.41, 5.74) is 3.77. The number of halogens is 1. The van der Waals surface area contributed by atoms with Crippen LogP contribution in [0, 0.1) is 6.92 Å². The first-order chi connectivity index (χ1) is 10.1. The van der Waals surface area contributed by atoms with Crippen molar-refractivity contribution in [3.63, 3.8) is 0 Å². The molecule has 1 rings (SSSR count). The lowest BCUT2D eigenvalue weighted by Gasteiger charge is -2.16. The Hall–Kier alpha value is -1.02. The largest absolute Gasteiger partial charge is 0.380 e. The lowest BCUT2D eigenvalue weighted by Crippen LogP contribution is -2.38. The number of guanidine groups is 1. The van der Waals surface area contributed by atoms with Crippen LogP contribution in [0.15, 0.2) is 23.2 Å². The molecule has 0 aliphatic rings. The van der Waals surface area contributed by atoms with Gasteiger partial charge in [0, 0.05) is 46.5 Å². The normalized spacial score (nSPS) is 10.9. The standard InChI is InChI=1S/C16H28N4O.HI/c1-6-21-10-9-18-16(17-3)19-12-14-7-8-15(20(4)5)11-13(14)2;/h7-8,11H,6,9-10,12H2,1-5H3,(H2,17,18,19);1H. The lowest BCUT2D eigenvalue weighted by atomic mass is 10.1. The van der Waals surface area contributed by atoms with Gasteiger partial charge in [0.25, 0.3) is 0 Å². The van der Waals surface area contributed by atoms with Crippen molar-refractivity contribution in [2.75, 3.05) is 45.8 Å². The number of rotatable bonds is 7. The number of aryl methyl sites for hydroxylation is 1. The van der Waals surface area contributed by atoms with E-state index < -0.39 is 0 Å². The van der Waals surface area contributed by atoms with Crippen molar-refractivity contribution in [3.05, 3.63) is 29.3 Å². The molecule has 0 aromatic heterocycles. The van der Waals surface area contributed by atoms with Gasteiger partial charge in [-0.2, -0.15) is 0 Å². The van der Waals surface area contributed by atoms with Crippen LogP contribution in [0.25, 0.3) is 0 Å². The van der Waals surface area contributed by atoms with Crippen LogP contribution >= 0.6 is 24.0 Å². The molecule has 0 saturated carbocycles. The minimum atomic E-state index is 0. The van der Waals surface area contributed by atoms with E-state index in [2.05, 4.69) is 59.7 Å². The zero-order valence-electron chi connectivity index (χ0n) is 14.3. The summed E-state index contributed by atoms with van der Waals surface area (Å²) in [6.07, 6.45) is 0. The highest BCUT2D eigenvalue weighted by atomic mass is 127. The average Bonchev–Trinajstić information content (AvgIpc) is 2.47. The van der Waals surface area contributed by atoms with E-state index >= 15 is 0 Å². The number of aliphatic imine (C=N–C) groups is 1. The summed E-state index contributed by atoms with van der Waals surface area (Å²) < 4.78 is 5.30. The highest BCUT2D eigenvalue weighted by molar-refractivity contribution is 14.0. The van der Waals surface area contributed by atoms with Gasteiger partial charge in [0.2, 0.25) is 0 Å². The molecule has 0 amide bonds. The van der Waals surface area contributed by atoms with Crippen LogP contribution in [-0.4, -0.2) is 46.9 Å². The number of nitrogens with zero attached hydrogens (tertiary/aromatic N) is 2. The van der Waals surface area contributed by atoms with Gasteiger partial charge in [0.15, 0.2) is 5.96 Å². The van der Waals surface area contributed by atoms with E-state index in [0.717, 1.165) is 25.7 Å². The summed E-state index contributed by atoms with van der Waals surface area (Å²) in [6.45, 7) is 7.07. The zero-order valence-corrected chi connectivity index (χ0v) is 16.6. The summed E-state index contributed by atoms with van der Waals surface area (Å²) in [7, 11) is 5.88. The Labute approximate surface area is 151 Å². The molecule has 0 heterocycles. The maximum absolute atomic E-state index is 5.30. The first-order valence-corrected chi connectivity index (χ1v) is 7.37. The van der Waals surface area contributed by atoms with Gasteiger partial charge in [0.05, 0.1) is 6.61 Å². The molecule has 1 aromatic rings. The fraction of sp³-hybridized carbons (Fsp3) is 0.562. The average molecular weight is 420 g/mol. The van der Waals surface area contributed by atoms with Crippen molar-refractivity contribution in [1.82, 2.24) is 10.6 Å². The second kappa shape index (κ2) is 11.5. The fourth-order valence-electron chi connectivity index (χ4n) is 1.94. The number of benzene rings is 1. The molecule has 6 heteroatoms. The maximum Gasteiger partial charge on any atom is 0.191 e. The van der Waals surface area contributed by atoms with Gasteiger partial charge in [-0.3, -0.25) is 4.99 Å². The second-order valence-corrected chi connectivity index (χ2v) is 5.05. The minimum absolute atomic E-state index is 0. The summed E-state index contributed by atoms with van der Waals surface area (Å²) in [5.74, 6) is 0.797. The Morgan fingerprint density at radius 2 is 2.00 bits per heavy atom. The van der Waals surface area contributed by atoms with Crippen molar-refractivity contribution in [2.24, 2.45) is 4.99 Å². The predicted octanol–water partition coefficient (Wildman–Crippen LogP) is 2.38. The number of anilines is 1. The smallest absolute Gasteiger partial charge is 0.191 e. The molecule has 1 aromatic carbocycles. The van der Waals surface area contributed by atoms with Gasteiger partial charge in [-0.1, -0.05) is 6.07 Å². The summed E-state index contributed by atoms with van der Waals surface area (Å²) in [5, 5.41) is 6.55. The van der Waals surface area contributed by atoms with Crippen LogP contribution in [0.5, 0.6) is 0 Å². The van der Waals surface area contributed by atoms with Gasteiger partial charge >= 0.3 is 0 Å². The molecule has 0 aliphatic heterocycles. The third-order valence-electron chi connectivity index (χ3n) is 3.26. The number of nitrogens with one attached hydrogen (secondary N) is 2. The Kier molecular flexibility index (Phi) is 11.0. The van der Waals surface area contributed by atoms with E-state index in [9.17, 15) is 0 Å². The molecule has 0 radical (unpaired) electrons. The molecule has 126 valence electrons. The van der Waals surface area contributed by atoms with E-state index in [1.165, 1.54) is 16.8 Å². The molecule has 0 bridgehead atoms. The molecular weight excluding hydrogens is 391 g/mol. The molecule has 5 nitrogen and oxygen atoms in total. The van der Waals surface area contributed by atoms with Gasteiger partial charge < -0.3 is 20.3 Å². The van der Waals surface area contributed by atoms with E-state index in [-0.39, 0.29) is 24.0 Å². The topological polar surface area (TPSA) is 48.9 Å². The SMILES string of the molecule is CCOCCNC(=NC)NCc1ccc(N(C)C)cc1C.I. The van der Waals surface area contributed by atoms with Gasteiger partial charge in [-0.25, -0.2) is 0 Å². The van der Waals surface area contributed by atoms with Gasteiger partial charge in [-0.05, 0) is 37.1 Å². The van der Waals surface area contributed by atoms with Crippen molar-refractivity contribution < 1.29 is 4.74 Å². The van der Waals surface area contributed by atoms with Crippen LogP contribution in [0.1, 0.15) is 18.1 Å².